The van der Waals surface area contributed by atoms with Crippen LogP contribution in [0.2, 0.25) is 0 Å². The van der Waals surface area contributed by atoms with Crippen molar-refractivity contribution in [2.45, 2.75) is 19.3 Å². The van der Waals surface area contributed by atoms with E-state index in [1.54, 1.807) is 40.6 Å². The minimum absolute atomic E-state index is 0.150. The number of carbonyl (C=O) groups excluding carboxylic acids is 2. The molecule has 4 rings (SSSR count). The third-order valence-electron chi connectivity index (χ3n) is 5.55. The van der Waals surface area contributed by atoms with Crippen LogP contribution in [0.4, 0.5) is 0 Å². The van der Waals surface area contributed by atoms with E-state index in [-0.39, 0.29) is 11.8 Å². The highest BCUT2D eigenvalue weighted by Gasteiger charge is 2.42. The Morgan fingerprint density at radius 3 is 2.76 bits per heavy atom. The van der Waals surface area contributed by atoms with E-state index in [1.165, 1.54) is 4.88 Å². The van der Waals surface area contributed by atoms with Crippen molar-refractivity contribution < 1.29 is 9.59 Å². The Labute approximate surface area is 174 Å². The first kappa shape index (κ1) is 19.3. The highest BCUT2D eigenvalue weighted by atomic mass is 32.1. The molecule has 1 aliphatic rings. The minimum Gasteiger partial charge on any atom is -0.369 e. The molecule has 3 heterocycles. The maximum atomic E-state index is 12.9. The summed E-state index contributed by atoms with van der Waals surface area (Å²) in [6, 6.07) is 17.6. The van der Waals surface area contributed by atoms with Gasteiger partial charge >= 0.3 is 0 Å². The van der Waals surface area contributed by atoms with Gasteiger partial charge in [-0.15, -0.1) is 11.3 Å². The molecule has 6 heteroatoms. The van der Waals surface area contributed by atoms with Gasteiger partial charge in [0.2, 0.25) is 5.91 Å². The second-order valence-corrected chi connectivity index (χ2v) is 8.49. The predicted octanol–water partition coefficient (Wildman–Crippen LogP) is 3.76. The molecule has 0 spiro atoms. The van der Waals surface area contributed by atoms with Gasteiger partial charge in [-0.1, -0.05) is 36.4 Å². The summed E-state index contributed by atoms with van der Waals surface area (Å²) < 4.78 is 0. The molecule has 1 fully saturated rings. The van der Waals surface area contributed by atoms with Crippen LogP contribution in [0.25, 0.3) is 10.4 Å². The number of amides is 2. The third kappa shape index (κ3) is 4.07. The van der Waals surface area contributed by atoms with E-state index in [0.717, 1.165) is 17.5 Å². The maximum absolute atomic E-state index is 12.9. The molecule has 5 nitrogen and oxygen atoms in total. The monoisotopic (exact) mass is 405 g/mol. The lowest BCUT2D eigenvalue weighted by atomic mass is 9.74. The molecule has 0 aliphatic carbocycles. The Morgan fingerprint density at radius 2 is 2.03 bits per heavy atom. The number of carbonyl (C=O) groups is 2. The van der Waals surface area contributed by atoms with Gasteiger partial charge in [0.15, 0.2) is 0 Å². The Bertz CT molecular complexity index is 1000. The van der Waals surface area contributed by atoms with Gasteiger partial charge in [0.1, 0.15) is 5.69 Å². The summed E-state index contributed by atoms with van der Waals surface area (Å²) in [5.74, 6) is -0.499. The van der Waals surface area contributed by atoms with Crippen LogP contribution in [-0.2, 0) is 11.2 Å². The van der Waals surface area contributed by atoms with Crippen LogP contribution in [-0.4, -0.2) is 34.8 Å². The number of hydrogen-bond donors (Lipinski definition) is 1. The molecule has 1 aromatic carbocycles. The van der Waals surface area contributed by atoms with Gasteiger partial charge in [-0.25, -0.2) is 0 Å². The lowest BCUT2D eigenvalue weighted by Gasteiger charge is -2.40. The van der Waals surface area contributed by atoms with Crippen molar-refractivity contribution in [2.24, 2.45) is 11.1 Å². The smallest absolute Gasteiger partial charge is 0.272 e. The van der Waals surface area contributed by atoms with Crippen LogP contribution < -0.4 is 5.73 Å². The molecule has 29 heavy (non-hydrogen) atoms. The number of primary amides is 1. The Hall–Kier alpha value is -2.99. The number of hydrogen-bond acceptors (Lipinski definition) is 4. The number of rotatable bonds is 5. The highest BCUT2D eigenvalue weighted by molar-refractivity contribution is 7.13. The number of benzene rings is 1. The molecular weight excluding hydrogens is 382 g/mol. The molecule has 2 N–H and O–H groups in total. The van der Waals surface area contributed by atoms with Crippen LogP contribution in [0.5, 0.6) is 0 Å². The molecule has 0 radical (unpaired) electrons. The fourth-order valence-corrected chi connectivity index (χ4v) is 4.78. The van der Waals surface area contributed by atoms with Crippen molar-refractivity contribution in [1.82, 2.24) is 9.88 Å². The second-order valence-electron chi connectivity index (χ2n) is 7.54. The van der Waals surface area contributed by atoms with Crippen LogP contribution in [0, 0.1) is 5.41 Å². The van der Waals surface area contributed by atoms with Crippen molar-refractivity contribution >= 4 is 23.2 Å². The fourth-order valence-electron chi connectivity index (χ4n) is 4.06. The van der Waals surface area contributed by atoms with Crippen molar-refractivity contribution in [3.63, 3.8) is 0 Å². The highest BCUT2D eigenvalue weighted by Crippen LogP contribution is 2.35. The first-order chi connectivity index (χ1) is 14.1. The molecule has 1 saturated heterocycles. The van der Waals surface area contributed by atoms with Crippen LogP contribution >= 0.6 is 11.3 Å². The number of aromatic nitrogens is 1. The molecular formula is C23H23N3O2S. The van der Waals surface area contributed by atoms with Crippen LogP contribution in [0.3, 0.4) is 0 Å². The van der Waals surface area contributed by atoms with Gasteiger partial charge in [-0.2, -0.15) is 0 Å². The molecule has 3 aromatic rings. The van der Waals surface area contributed by atoms with Gasteiger partial charge in [0.05, 0.1) is 5.41 Å². The molecule has 0 bridgehead atoms. The number of piperidine rings is 1. The minimum atomic E-state index is -0.767. The number of thiophene rings is 1. The summed E-state index contributed by atoms with van der Waals surface area (Å²) in [5, 5.41) is 2.05. The summed E-state index contributed by atoms with van der Waals surface area (Å²) in [6.45, 7) is 0.931. The van der Waals surface area contributed by atoms with E-state index in [9.17, 15) is 9.59 Å². The topological polar surface area (TPSA) is 76.3 Å². The first-order valence-electron chi connectivity index (χ1n) is 9.70. The SMILES string of the molecule is NC(=O)C1(Cc2cccc(-c3cccs3)c2)CCCN(C(=O)c2ccccn2)C1. The lowest BCUT2D eigenvalue weighted by Crippen LogP contribution is -2.53. The molecule has 1 atom stereocenters. The van der Waals surface area contributed by atoms with Gasteiger partial charge in [-0.05, 0) is 54.0 Å². The first-order valence-corrected chi connectivity index (χ1v) is 10.6. The van der Waals surface area contributed by atoms with Gasteiger partial charge in [0.25, 0.3) is 5.91 Å². The molecule has 148 valence electrons. The van der Waals surface area contributed by atoms with E-state index in [2.05, 4.69) is 28.6 Å². The standard InChI is InChI=1S/C23H23N3O2S/c24-22(28)23(15-17-6-3-7-18(14-17)20-9-4-13-29-20)10-5-12-26(16-23)21(27)19-8-1-2-11-25-19/h1-4,6-9,11,13-14H,5,10,12,15-16H2,(H2,24,28). The molecule has 1 aliphatic heterocycles. The molecule has 2 amide bonds. The normalized spacial score (nSPS) is 19.1. The molecule has 0 saturated carbocycles. The molecule has 2 aromatic heterocycles. The Balaban J connectivity index is 1.59. The van der Waals surface area contributed by atoms with E-state index in [4.69, 9.17) is 5.73 Å². The summed E-state index contributed by atoms with van der Waals surface area (Å²) in [5.41, 5.74) is 7.71. The Morgan fingerprint density at radius 1 is 1.14 bits per heavy atom. The molecule has 1 unspecified atom stereocenters. The zero-order chi connectivity index (χ0) is 20.3. The fraction of sp³-hybridized carbons (Fsp3) is 0.261. The third-order valence-corrected chi connectivity index (χ3v) is 6.46. The quantitative estimate of drug-likeness (QED) is 0.702. The number of nitrogens with two attached hydrogens (primary N) is 1. The van der Waals surface area contributed by atoms with Crippen molar-refractivity contribution in [1.29, 1.82) is 0 Å². The van der Waals surface area contributed by atoms with Crippen LogP contribution in [0.15, 0.2) is 66.2 Å². The average molecular weight is 406 g/mol. The van der Waals surface area contributed by atoms with E-state index < -0.39 is 5.41 Å². The summed E-state index contributed by atoms with van der Waals surface area (Å²) >= 11 is 1.69. The van der Waals surface area contributed by atoms with E-state index in [1.807, 2.05) is 18.2 Å². The largest absolute Gasteiger partial charge is 0.369 e. The van der Waals surface area contributed by atoms with Gasteiger partial charge in [0, 0.05) is 24.2 Å². The van der Waals surface area contributed by atoms with Crippen molar-refractivity contribution in [2.75, 3.05) is 13.1 Å². The Kier molecular flexibility index (Phi) is 5.45. The van der Waals surface area contributed by atoms with Gasteiger partial charge in [-0.3, -0.25) is 14.6 Å². The lowest BCUT2D eigenvalue weighted by molar-refractivity contribution is -0.130. The van der Waals surface area contributed by atoms with Crippen LogP contribution in [0.1, 0.15) is 28.9 Å². The van der Waals surface area contributed by atoms with E-state index in [0.29, 0.717) is 31.6 Å². The number of likely N-dealkylation sites (tertiary alicyclic amines) is 1. The maximum Gasteiger partial charge on any atom is 0.272 e. The zero-order valence-corrected chi connectivity index (χ0v) is 16.9. The van der Waals surface area contributed by atoms with Crippen molar-refractivity contribution in [3.05, 3.63) is 77.4 Å². The van der Waals surface area contributed by atoms with Gasteiger partial charge < -0.3 is 10.6 Å². The summed E-state index contributed by atoms with van der Waals surface area (Å²) in [6.07, 6.45) is 3.55. The zero-order valence-electron chi connectivity index (χ0n) is 16.1. The predicted molar refractivity (Wildman–Crippen MR) is 114 cm³/mol. The summed E-state index contributed by atoms with van der Waals surface area (Å²) in [4.78, 5) is 32.5. The van der Waals surface area contributed by atoms with E-state index >= 15 is 0 Å². The number of nitrogens with zero attached hydrogens (tertiary/aromatic N) is 2. The second kappa shape index (κ2) is 8.17. The number of pyridine rings is 1. The van der Waals surface area contributed by atoms with Crippen molar-refractivity contribution in [3.8, 4) is 10.4 Å². The average Bonchev–Trinajstić information content (AvgIpc) is 3.29. The summed E-state index contributed by atoms with van der Waals surface area (Å²) in [7, 11) is 0.